The first kappa shape index (κ1) is 20.7. The summed E-state index contributed by atoms with van der Waals surface area (Å²) in [5.41, 5.74) is 0.551. The molecule has 2 N–H and O–H groups in total. The van der Waals surface area contributed by atoms with Gasteiger partial charge < -0.3 is 15.0 Å². The van der Waals surface area contributed by atoms with Gasteiger partial charge in [-0.3, -0.25) is 9.59 Å². The predicted molar refractivity (Wildman–Crippen MR) is 113 cm³/mol. The quantitative estimate of drug-likeness (QED) is 0.497. The molecule has 0 fully saturated rings. The van der Waals surface area contributed by atoms with Crippen LogP contribution in [-0.4, -0.2) is 20.6 Å². The standard InChI is InChI=1S/C22H17F2N3O3S/c1-27-21(30)17(20(29)25-11-13-4-8-15(24)9-5-13)19(28)18-22(27)31-16(26-18)10-12-2-6-14(23)7-3-12/h2-9,28H,10-11H2,1H3,(H,25,29). The molecule has 2 aromatic carbocycles. The Balaban J connectivity index is 1.64. The highest BCUT2D eigenvalue weighted by Gasteiger charge is 2.23. The second-order valence-corrected chi connectivity index (χ2v) is 8.02. The lowest BCUT2D eigenvalue weighted by molar-refractivity contribution is 0.0946. The number of fused-ring (bicyclic) bond motifs is 1. The van der Waals surface area contributed by atoms with Crippen molar-refractivity contribution in [2.45, 2.75) is 13.0 Å². The first-order valence-electron chi connectivity index (χ1n) is 9.32. The van der Waals surface area contributed by atoms with E-state index in [-0.39, 0.29) is 17.9 Å². The molecule has 4 aromatic rings. The van der Waals surface area contributed by atoms with E-state index in [9.17, 15) is 23.5 Å². The maximum atomic E-state index is 13.1. The van der Waals surface area contributed by atoms with Crippen molar-refractivity contribution in [3.05, 3.63) is 92.2 Å². The van der Waals surface area contributed by atoms with Crippen LogP contribution in [0.1, 0.15) is 26.5 Å². The molecule has 2 aromatic heterocycles. The van der Waals surface area contributed by atoms with Crippen LogP contribution >= 0.6 is 11.3 Å². The third-order valence-corrected chi connectivity index (χ3v) is 5.93. The summed E-state index contributed by atoms with van der Waals surface area (Å²) in [7, 11) is 1.50. The molecule has 0 aliphatic carbocycles. The van der Waals surface area contributed by atoms with E-state index in [2.05, 4.69) is 10.3 Å². The Morgan fingerprint density at radius 2 is 1.65 bits per heavy atom. The zero-order valence-corrected chi connectivity index (χ0v) is 17.2. The average Bonchev–Trinajstić information content (AvgIpc) is 3.18. The third-order valence-electron chi connectivity index (χ3n) is 4.80. The van der Waals surface area contributed by atoms with Gasteiger partial charge in [-0.1, -0.05) is 35.6 Å². The van der Waals surface area contributed by atoms with Gasteiger partial charge in [-0.15, -0.1) is 0 Å². The summed E-state index contributed by atoms with van der Waals surface area (Å²) < 4.78 is 27.4. The van der Waals surface area contributed by atoms with Crippen molar-refractivity contribution in [1.82, 2.24) is 14.9 Å². The summed E-state index contributed by atoms with van der Waals surface area (Å²) in [5.74, 6) is -1.98. The highest BCUT2D eigenvalue weighted by molar-refractivity contribution is 7.18. The van der Waals surface area contributed by atoms with E-state index in [0.29, 0.717) is 21.8 Å². The average molecular weight is 441 g/mol. The zero-order chi connectivity index (χ0) is 22.1. The van der Waals surface area contributed by atoms with Gasteiger partial charge in [0.1, 0.15) is 27.5 Å². The lowest BCUT2D eigenvalue weighted by Crippen LogP contribution is -2.32. The number of carbonyl (C=O) groups excluding carboxylic acids is 1. The molecule has 158 valence electrons. The van der Waals surface area contributed by atoms with E-state index in [1.807, 2.05) is 0 Å². The molecule has 2 heterocycles. The van der Waals surface area contributed by atoms with Crippen molar-refractivity contribution in [3.63, 3.8) is 0 Å². The first-order chi connectivity index (χ1) is 14.8. The molecular weight excluding hydrogens is 424 g/mol. The number of hydrogen-bond donors (Lipinski definition) is 2. The van der Waals surface area contributed by atoms with Crippen LogP contribution < -0.4 is 10.9 Å². The monoisotopic (exact) mass is 441 g/mol. The first-order valence-corrected chi connectivity index (χ1v) is 10.1. The van der Waals surface area contributed by atoms with Crippen LogP contribution in [0.5, 0.6) is 5.75 Å². The van der Waals surface area contributed by atoms with Gasteiger partial charge in [0.05, 0.1) is 5.01 Å². The zero-order valence-electron chi connectivity index (χ0n) is 16.4. The Hall–Kier alpha value is -3.59. The molecule has 6 nitrogen and oxygen atoms in total. The van der Waals surface area contributed by atoms with Gasteiger partial charge in [0.15, 0.2) is 5.75 Å². The maximum Gasteiger partial charge on any atom is 0.268 e. The second kappa shape index (κ2) is 8.27. The Kier molecular flexibility index (Phi) is 5.51. The second-order valence-electron chi connectivity index (χ2n) is 6.96. The van der Waals surface area contributed by atoms with Gasteiger partial charge in [0.25, 0.3) is 11.5 Å². The number of aromatic hydroxyl groups is 1. The summed E-state index contributed by atoms with van der Waals surface area (Å²) >= 11 is 1.21. The van der Waals surface area contributed by atoms with Gasteiger partial charge >= 0.3 is 0 Å². The molecule has 31 heavy (non-hydrogen) atoms. The minimum absolute atomic E-state index is 0.0621. The fourth-order valence-electron chi connectivity index (χ4n) is 3.15. The van der Waals surface area contributed by atoms with E-state index >= 15 is 0 Å². The molecule has 0 bridgehead atoms. The minimum atomic E-state index is -0.752. The summed E-state index contributed by atoms with van der Waals surface area (Å²) in [6.07, 6.45) is 0.388. The predicted octanol–water partition coefficient (Wildman–Crippen LogP) is 3.50. The molecule has 0 saturated heterocycles. The van der Waals surface area contributed by atoms with Crippen LogP contribution in [0, 0.1) is 11.6 Å². The smallest absolute Gasteiger partial charge is 0.268 e. The molecule has 0 unspecified atom stereocenters. The van der Waals surface area contributed by atoms with Gasteiger partial charge in [-0.25, -0.2) is 13.8 Å². The lowest BCUT2D eigenvalue weighted by atomic mass is 10.1. The van der Waals surface area contributed by atoms with Crippen LogP contribution in [0.3, 0.4) is 0 Å². The molecule has 0 radical (unpaired) electrons. The summed E-state index contributed by atoms with van der Waals surface area (Å²) in [5, 5.41) is 13.8. The van der Waals surface area contributed by atoms with Crippen molar-refractivity contribution in [2.24, 2.45) is 7.05 Å². The summed E-state index contributed by atoms with van der Waals surface area (Å²) in [6, 6.07) is 11.5. The Morgan fingerprint density at radius 3 is 2.26 bits per heavy atom. The van der Waals surface area contributed by atoms with Crippen molar-refractivity contribution in [3.8, 4) is 5.75 Å². The molecule has 0 aliphatic heterocycles. The van der Waals surface area contributed by atoms with Crippen LogP contribution in [0.2, 0.25) is 0 Å². The van der Waals surface area contributed by atoms with E-state index in [4.69, 9.17) is 0 Å². The number of amides is 1. The van der Waals surface area contributed by atoms with Crippen LogP contribution in [-0.2, 0) is 20.0 Å². The SMILES string of the molecule is Cn1c(=O)c(C(=O)NCc2ccc(F)cc2)c(O)c2nc(Cc3ccc(F)cc3)sc21. The molecule has 0 aliphatic rings. The number of thiazole rings is 1. The van der Waals surface area contributed by atoms with Crippen molar-refractivity contribution in [1.29, 1.82) is 0 Å². The highest BCUT2D eigenvalue weighted by Crippen LogP contribution is 2.31. The largest absolute Gasteiger partial charge is 0.505 e. The molecule has 1 amide bonds. The number of aryl methyl sites for hydroxylation is 1. The normalized spacial score (nSPS) is 11.1. The molecule has 4 rings (SSSR count). The van der Waals surface area contributed by atoms with E-state index < -0.39 is 28.6 Å². The Labute approximate surface area is 179 Å². The Morgan fingerprint density at radius 1 is 1.06 bits per heavy atom. The third kappa shape index (κ3) is 4.17. The van der Waals surface area contributed by atoms with E-state index in [1.165, 1.54) is 59.3 Å². The minimum Gasteiger partial charge on any atom is -0.505 e. The van der Waals surface area contributed by atoms with Crippen LogP contribution in [0.4, 0.5) is 8.78 Å². The number of nitrogens with one attached hydrogen (secondary N) is 1. The lowest BCUT2D eigenvalue weighted by Gasteiger charge is -2.09. The van der Waals surface area contributed by atoms with E-state index in [0.717, 1.165) is 5.56 Å². The number of rotatable bonds is 5. The van der Waals surface area contributed by atoms with Gasteiger partial charge in [0.2, 0.25) is 0 Å². The number of nitrogens with zero attached hydrogens (tertiary/aromatic N) is 2. The fraction of sp³-hybridized carbons (Fsp3) is 0.136. The van der Waals surface area contributed by atoms with Crippen molar-refractivity contribution >= 4 is 27.6 Å². The van der Waals surface area contributed by atoms with Crippen LogP contribution in [0.25, 0.3) is 10.3 Å². The molecule has 0 saturated carbocycles. The van der Waals surface area contributed by atoms with Gasteiger partial charge in [-0.2, -0.15) is 0 Å². The van der Waals surface area contributed by atoms with Gasteiger partial charge in [0, 0.05) is 20.0 Å². The Bertz CT molecular complexity index is 1330. The van der Waals surface area contributed by atoms with E-state index in [1.54, 1.807) is 12.1 Å². The highest BCUT2D eigenvalue weighted by atomic mass is 32.1. The number of halogens is 2. The number of hydrogen-bond acceptors (Lipinski definition) is 5. The van der Waals surface area contributed by atoms with Gasteiger partial charge in [-0.05, 0) is 35.4 Å². The molecule has 0 spiro atoms. The number of aromatic nitrogens is 2. The summed E-state index contributed by atoms with van der Waals surface area (Å²) in [4.78, 5) is 30.2. The molecule has 0 atom stereocenters. The maximum absolute atomic E-state index is 13.1. The number of pyridine rings is 1. The number of benzene rings is 2. The summed E-state index contributed by atoms with van der Waals surface area (Å²) in [6.45, 7) is 0.0621. The molecule has 9 heteroatoms. The topological polar surface area (TPSA) is 84.2 Å². The van der Waals surface area contributed by atoms with Crippen molar-refractivity contribution in [2.75, 3.05) is 0 Å². The van der Waals surface area contributed by atoms with Crippen LogP contribution in [0.15, 0.2) is 53.3 Å². The molecular formula is C22H17F2N3O3S. The fourth-order valence-corrected chi connectivity index (χ4v) is 4.20. The van der Waals surface area contributed by atoms with Crippen molar-refractivity contribution < 1.29 is 18.7 Å². The number of carbonyl (C=O) groups is 1.